The molecule has 0 radical (unpaired) electrons. The van der Waals surface area contributed by atoms with Crippen molar-refractivity contribution in [2.45, 2.75) is 64.1 Å². The topological polar surface area (TPSA) is 84.3 Å². The second kappa shape index (κ2) is 7.21. The smallest absolute Gasteiger partial charge is 0.230 e. The van der Waals surface area contributed by atoms with Crippen molar-refractivity contribution in [2.24, 2.45) is 0 Å². The zero-order valence-electron chi connectivity index (χ0n) is 15.0. The summed E-state index contributed by atoms with van der Waals surface area (Å²) in [7, 11) is 2.12. The van der Waals surface area contributed by atoms with E-state index in [2.05, 4.69) is 37.2 Å². The second-order valence-corrected chi connectivity index (χ2v) is 7.21. The van der Waals surface area contributed by atoms with E-state index in [9.17, 15) is 0 Å². The Labute approximate surface area is 147 Å². The van der Waals surface area contributed by atoms with Gasteiger partial charge in [0.2, 0.25) is 17.7 Å². The molecule has 0 N–H and O–H groups in total. The molecule has 2 aromatic heterocycles. The molecule has 1 saturated carbocycles. The molecule has 8 nitrogen and oxygen atoms in total. The van der Waals surface area contributed by atoms with Crippen molar-refractivity contribution in [2.75, 3.05) is 20.1 Å². The van der Waals surface area contributed by atoms with Gasteiger partial charge in [-0.15, -0.1) is 10.2 Å². The summed E-state index contributed by atoms with van der Waals surface area (Å²) in [6.45, 7) is 5.52. The van der Waals surface area contributed by atoms with Gasteiger partial charge in [0.1, 0.15) is 0 Å². The molecular weight excluding hydrogens is 320 g/mol. The molecule has 1 aliphatic carbocycles. The molecule has 0 spiro atoms. The summed E-state index contributed by atoms with van der Waals surface area (Å²) in [6.07, 6.45) is 5.56. The van der Waals surface area contributed by atoms with Crippen molar-refractivity contribution in [1.82, 2.24) is 30.1 Å². The molecule has 25 heavy (non-hydrogen) atoms. The molecule has 2 aromatic rings. The van der Waals surface area contributed by atoms with Crippen molar-refractivity contribution in [3.8, 4) is 0 Å². The van der Waals surface area contributed by atoms with Crippen LogP contribution in [-0.2, 0) is 19.5 Å². The molecule has 1 aliphatic heterocycles. The number of likely N-dealkylation sites (tertiary alicyclic amines) is 1. The van der Waals surface area contributed by atoms with Gasteiger partial charge in [-0.2, -0.15) is 4.98 Å². The third kappa shape index (κ3) is 3.74. The maximum atomic E-state index is 5.85. The minimum absolute atomic E-state index is 0.484. The van der Waals surface area contributed by atoms with E-state index in [1.807, 2.05) is 6.92 Å². The number of aromatic nitrogens is 4. The number of hydrogen-bond acceptors (Lipinski definition) is 8. The maximum Gasteiger partial charge on any atom is 0.230 e. The zero-order valence-corrected chi connectivity index (χ0v) is 15.0. The predicted molar refractivity (Wildman–Crippen MR) is 89.7 cm³/mol. The fraction of sp³-hybridized carbons (Fsp3) is 0.765. The van der Waals surface area contributed by atoms with Crippen LogP contribution in [0.2, 0.25) is 0 Å². The number of nitrogens with zero attached hydrogens (tertiary/aromatic N) is 6. The Kier molecular flexibility index (Phi) is 4.80. The molecule has 2 aliphatic rings. The van der Waals surface area contributed by atoms with Crippen LogP contribution >= 0.6 is 0 Å². The van der Waals surface area contributed by atoms with Gasteiger partial charge in [-0.25, -0.2) is 0 Å². The van der Waals surface area contributed by atoms with Crippen molar-refractivity contribution in [3.05, 3.63) is 23.5 Å². The Morgan fingerprint density at radius 2 is 2.08 bits per heavy atom. The Balaban J connectivity index is 1.27. The SMILES string of the molecule is CCc1nc(CN(C)C2CCN(Cc3nnc(C4CCC4)o3)C2)no1. The van der Waals surface area contributed by atoms with Crippen molar-refractivity contribution < 1.29 is 8.94 Å². The Bertz CT molecular complexity index is 695. The third-order valence-electron chi connectivity index (χ3n) is 5.37. The van der Waals surface area contributed by atoms with Crippen molar-refractivity contribution in [3.63, 3.8) is 0 Å². The van der Waals surface area contributed by atoms with Crippen LogP contribution in [0.1, 0.15) is 62.0 Å². The van der Waals surface area contributed by atoms with Gasteiger partial charge in [0, 0.05) is 31.5 Å². The fourth-order valence-corrected chi connectivity index (χ4v) is 3.51. The molecule has 1 saturated heterocycles. The van der Waals surface area contributed by atoms with Gasteiger partial charge in [-0.3, -0.25) is 9.80 Å². The lowest BCUT2D eigenvalue weighted by Crippen LogP contribution is -2.34. The summed E-state index contributed by atoms with van der Waals surface area (Å²) in [6, 6.07) is 0.484. The molecule has 136 valence electrons. The van der Waals surface area contributed by atoms with Gasteiger partial charge < -0.3 is 8.94 Å². The summed E-state index contributed by atoms with van der Waals surface area (Å²) < 4.78 is 11.0. The highest BCUT2D eigenvalue weighted by Gasteiger charge is 2.29. The van der Waals surface area contributed by atoms with Crippen molar-refractivity contribution >= 4 is 0 Å². The Morgan fingerprint density at radius 1 is 1.20 bits per heavy atom. The predicted octanol–water partition coefficient (Wildman–Crippen LogP) is 1.99. The highest BCUT2D eigenvalue weighted by molar-refractivity contribution is 4.97. The summed E-state index contributed by atoms with van der Waals surface area (Å²) >= 11 is 0. The maximum absolute atomic E-state index is 5.85. The van der Waals surface area contributed by atoms with Gasteiger partial charge >= 0.3 is 0 Å². The lowest BCUT2D eigenvalue weighted by atomic mass is 9.85. The van der Waals surface area contributed by atoms with Crippen molar-refractivity contribution in [1.29, 1.82) is 0 Å². The van der Waals surface area contributed by atoms with E-state index in [4.69, 9.17) is 8.94 Å². The number of likely N-dealkylation sites (N-methyl/N-ethyl adjacent to an activating group) is 1. The van der Waals surface area contributed by atoms with E-state index in [-0.39, 0.29) is 0 Å². The van der Waals surface area contributed by atoms with Gasteiger partial charge in [0.05, 0.1) is 13.1 Å². The molecule has 1 atom stereocenters. The zero-order chi connectivity index (χ0) is 17.2. The molecule has 4 rings (SSSR count). The van der Waals surface area contributed by atoms with Crippen LogP contribution in [0.4, 0.5) is 0 Å². The molecule has 2 fully saturated rings. The summed E-state index contributed by atoms with van der Waals surface area (Å²) in [5, 5.41) is 12.5. The highest BCUT2D eigenvalue weighted by atomic mass is 16.5. The van der Waals surface area contributed by atoms with Crippen LogP contribution in [-0.4, -0.2) is 56.3 Å². The average Bonchev–Trinajstić information content (AvgIpc) is 3.27. The molecule has 1 unspecified atom stereocenters. The van der Waals surface area contributed by atoms with E-state index >= 15 is 0 Å². The van der Waals surface area contributed by atoms with E-state index in [0.29, 0.717) is 24.4 Å². The average molecular weight is 346 g/mol. The Morgan fingerprint density at radius 3 is 2.80 bits per heavy atom. The van der Waals surface area contributed by atoms with Gasteiger partial charge in [-0.05, 0) is 26.3 Å². The Hall–Kier alpha value is -1.80. The molecule has 3 heterocycles. The van der Waals surface area contributed by atoms with Gasteiger partial charge in [0.15, 0.2) is 5.82 Å². The molecule has 8 heteroatoms. The number of rotatable bonds is 7. The van der Waals surface area contributed by atoms with E-state index in [1.165, 1.54) is 19.3 Å². The second-order valence-electron chi connectivity index (χ2n) is 7.21. The van der Waals surface area contributed by atoms with Crippen LogP contribution in [0.25, 0.3) is 0 Å². The summed E-state index contributed by atoms with van der Waals surface area (Å²) in [4.78, 5) is 9.08. The lowest BCUT2D eigenvalue weighted by Gasteiger charge is -2.23. The van der Waals surface area contributed by atoms with Gasteiger partial charge in [0.25, 0.3) is 0 Å². The van der Waals surface area contributed by atoms with Crippen LogP contribution in [0, 0.1) is 0 Å². The van der Waals surface area contributed by atoms with Crippen LogP contribution in [0.15, 0.2) is 8.94 Å². The normalized spacial score (nSPS) is 22.0. The molecule has 0 bridgehead atoms. The highest BCUT2D eigenvalue weighted by Crippen LogP contribution is 2.35. The number of hydrogen-bond donors (Lipinski definition) is 0. The van der Waals surface area contributed by atoms with E-state index in [1.54, 1.807) is 0 Å². The monoisotopic (exact) mass is 346 g/mol. The van der Waals surface area contributed by atoms with Crippen LogP contribution in [0.5, 0.6) is 0 Å². The van der Waals surface area contributed by atoms with E-state index in [0.717, 1.165) is 50.1 Å². The first-order valence-electron chi connectivity index (χ1n) is 9.27. The minimum Gasteiger partial charge on any atom is -0.424 e. The standard InChI is InChI=1S/C17H26N6O2/c1-3-15-18-14(21-25-15)10-22(2)13-7-8-23(9-13)11-16-19-20-17(24-16)12-5-4-6-12/h12-13H,3-11H2,1-2H3. The van der Waals surface area contributed by atoms with Crippen LogP contribution in [0.3, 0.4) is 0 Å². The first-order chi connectivity index (χ1) is 12.2. The first kappa shape index (κ1) is 16.7. The number of aryl methyl sites for hydroxylation is 1. The summed E-state index contributed by atoms with van der Waals surface area (Å²) in [5.74, 6) is 3.55. The third-order valence-corrected chi connectivity index (χ3v) is 5.37. The van der Waals surface area contributed by atoms with Crippen LogP contribution < -0.4 is 0 Å². The first-order valence-corrected chi connectivity index (χ1v) is 9.27. The molecule has 0 aromatic carbocycles. The lowest BCUT2D eigenvalue weighted by molar-refractivity contribution is 0.208. The molecule has 0 amide bonds. The summed E-state index contributed by atoms with van der Waals surface area (Å²) in [5.41, 5.74) is 0. The minimum atomic E-state index is 0.484. The van der Waals surface area contributed by atoms with Gasteiger partial charge in [-0.1, -0.05) is 18.5 Å². The quantitative estimate of drug-likeness (QED) is 0.752. The fourth-order valence-electron chi connectivity index (χ4n) is 3.51. The largest absolute Gasteiger partial charge is 0.424 e. The molecular formula is C17H26N6O2. The van der Waals surface area contributed by atoms with E-state index < -0.39 is 0 Å².